The summed E-state index contributed by atoms with van der Waals surface area (Å²) in [4.78, 5) is 18.3. The number of nitrogens with zero attached hydrogens (tertiary/aromatic N) is 5. The van der Waals surface area contributed by atoms with Gasteiger partial charge in [-0.05, 0) is 77.2 Å². The van der Waals surface area contributed by atoms with E-state index in [9.17, 15) is 13.2 Å². The molecular formula is C50H46F3IrN5OSi-2. The molecule has 5 heterocycles. The van der Waals surface area contributed by atoms with E-state index < -0.39 is 19.9 Å². The summed E-state index contributed by atoms with van der Waals surface area (Å²) in [6, 6.07) is 37.4. The van der Waals surface area contributed by atoms with Crippen LogP contribution in [0.5, 0.6) is 0 Å². The predicted molar refractivity (Wildman–Crippen MR) is 240 cm³/mol. The maximum absolute atomic E-state index is 13.5. The zero-order chi connectivity index (χ0) is 42.7. The molecule has 0 saturated heterocycles. The standard InChI is InChI=1S/C35H28F3N4O.C15H18NSi.Ir/c1-18(2)21-8-6-9-22(19(3)4)30(21)42-31-25-13-12-20(5)39-27(25)15-16-28(31)40-33(42)26-11-7-10-23-24-14-17-29(35(36,37)38)41-34(24)43-32(23)26;1-12-5-7-13(8-6-12)15-10-9-14(11-16-15)17(2,3)4;/h6-10,12-19H,1-5H3;5-7,9-11H,1-4H3;/q2*-1;. The molecule has 61 heavy (non-hydrogen) atoms. The second-order valence-electron chi connectivity index (χ2n) is 17.0. The molecule has 9 aromatic rings. The molecule has 6 nitrogen and oxygen atoms in total. The zero-order valence-corrected chi connectivity index (χ0v) is 39.0. The topological polar surface area (TPSA) is 69.6 Å². The van der Waals surface area contributed by atoms with Gasteiger partial charge in [-0.3, -0.25) is 9.97 Å². The van der Waals surface area contributed by atoms with E-state index in [-0.39, 0.29) is 37.7 Å². The largest absolute Gasteiger partial charge is 0.486 e. The van der Waals surface area contributed by atoms with Crippen molar-refractivity contribution in [1.29, 1.82) is 0 Å². The maximum Gasteiger partial charge on any atom is 0.433 e. The predicted octanol–water partition coefficient (Wildman–Crippen LogP) is 13.3. The van der Waals surface area contributed by atoms with Gasteiger partial charge in [0.15, 0.2) is 0 Å². The van der Waals surface area contributed by atoms with E-state index in [1.165, 1.54) is 16.8 Å². The van der Waals surface area contributed by atoms with Crippen LogP contribution >= 0.6 is 0 Å². The van der Waals surface area contributed by atoms with Gasteiger partial charge in [-0.25, -0.2) is 4.98 Å². The van der Waals surface area contributed by atoms with Crippen LogP contribution in [0.4, 0.5) is 13.2 Å². The van der Waals surface area contributed by atoms with Crippen molar-refractivity contribution in [2.75, 3.05) is 0 Å². The van der Waals surface area contributed by atoms with E-state index in [1.54, 1.807) is 12.1 Å². The van der Waals surface area contributed by atoms with Crippen LogP contribution in [0.1, 0.15) is 67.6 Å². The fourth-order valence-corrected chi connectivity index (χ4v) is 8.67. The van der Waals surface area contributed by atoms with Crippen molar-refractivity contribution >= 4 is 57.3 Å². The fraction of sp³-hybridized carbons (Fsp3) is 0.240. The molecule has 0 aliphatic carbocycles. The average Bonchev–Trinajstić information content (AvgIpc) is 3.79. The van der Waals surface area contributed by atoms with Crippen molar-refractivity contribution < 1.29 is 37.7 Å². The summed E-state index contributed by atoms with van der Waals surface area (Å²) in [5.41, 5.74) is 9.90. The average molecular weight is 1010 g/mol. The molecule has 0 atom stereocenters. The number of para-hydroxylation sites is 1. The summed E-state index contributed by atoms with van der Waals surface area (Å²) >= 11 is 0. The molecule has 0 N–H and O–H groups in total. The smallest absolute Gasteiger partial charge is 0.433 e. The molecule has 0 unspecified atom stereocenters. The fourth-order valence-electron chi connectivity index (χ4n) is 7.63. The van der Waals surface area contributed by atoms with E-state index in [2.05, 4.69) is 129 Å². The summed E-state index contributed by atoms with van der Waals surface area (Å²) in [5, 5.41) is 3.49. The van der Waals surface area contributed by atoms with E-state index in [1.807, 2.05) is 37.4 Å². The van der Waals surface area contributed by atoms with Gasteiger partial charge in [-0.1, -0.05) is 95.5 Å². The molecule has 0 amide bonds. The van der Waals surface area contributed by atoms with Gasteiger partial charge in [0.05, 0.1) is 36.0 Å². The molecule has 0 bridgehead atoms. The molecule has 0 fully saturated rings. The van der Waals surface area contributed by atoms with E-state index in [4.69, 9.17) is 14.4 Å². The molecule has 5 aromatic heterocycles. The number of hydrogen-bond donors (Lipinski definition) is 0. The van der Waals surface area contributed by atoms with Crippen LogP contribution < -0.4 is 5.19 Å². The molecular weight excluding hydrogens is 964 g/mol. The minimum atomic E-state index is -4.59. The number of alkyl halides is 3. The van der Waals surface area contributed by atoms with Crippen LogP contribution in [0, 0.1) is 26.0 Å². The van der Waals surface area contributed by atoms with Gasteiger partial charge in [-0.15, -0.1) is 53.6 Å². The third kappa shape index (κ3) is 8.43. The van der Waals surface area contributed by atoms with Gasteiger partial charge in [-0.2, -0.15) is 13.2 Å². The first-order valence-corrected chi connectivity index (χ1v) is 23.7. The monoisotopic (exact) mass is 1010 g/mol. The Bertz CT molecular complexity index is 3010. The summed E-state index contributed by atoms with van der Waals surface area (Å²) in [5.74, 6) is 0.981. The number of benzene rings is 4. The molecule has 11 heteroatoms. The second kappa shape index (κ2) is 16.8. The molecule has 0 saturated carbocycles. The Kier molecular flexibility index (Phi) is 12.0. The van der Waals surface area contributed by atoms with E-state index in [0.29, 0.717) is 27.7 Å². The van der Waals surface area contributed by atoms with Gasteiger partial charge in [0.25, 0.3) is 0 Å². The van der Waals surface area contributed by atoms with Gasteiger partial charge in [0, 0.05) is 48.5 Å². The molecule has 0 aliphatic heterocycles. The molecule has 9 rings (SSSR count). The molecule has 0 aliphatic rings. The first kappa shape index (κ1) is 43.6. The number of rotatable bonds is 6. The Morgan fingerprint density at radius 2 is 1.43 bits per heavy atom. The Hall–Kier alpha value is -5.48. The maximum atomic E-state index is 13.5. The van der Waals surface area contributed by atoms with Crippen LogP contribution in [0.25, 0.3) is 72.3 Å². The van der Waals surface area contributed by atoms with Crippen molar-refractivity contribution in [3.8, 4) is 28.3 Å². The third-order valence-corrected chi connectivity index (χ3v) is 12.9. The minimum absolute atomic E-state index is 0. The Labute approximate surface area is 368 Å². The number of furan rings is 1. The van der Waals surface area contributed by atoms with Crippen molar-refractivity contribution in [2.24, 2.45) is 0 Å². The van der Waals surface area contributed by atoms with E-state index >= 15 is 0 Å². The number of aromatic nitrogens is 5. The Morgan fingerprint density at radius 3 is 2.05 bits per heavy atom. The van der Waals surface area contributed by atoms with Crippen LogP contribution in [0.3, 0.4) is 0 Å². The number of pyridine rings is 3. The van der Waals surface area contributed by atoms with Crippen LogP contribution in [-0.2, 0) is 26.3 Å². The number of hydrogen-bond acceptors (Lipinski definition) is 5. The summed E-state index contributed by atoms with van der Waals surface area (Å²) in [6.07, 6.45) is -2.56. The summed E-state index contributed by atoms with van der Waals surface area (Å²) in [7, 11) is -1.24. The third-order valence-electron chi connectivity index (χ3n) is 10.9. The van der Waals surface area contributed by atoms with Gasteiger partial charge < -0.3 is 14.0 Å². The van der Waals surface area contributed by atoms with Crippen LogP contribution in [0.2, 0.25) is 19.6 Å². The zero-order valence-electron chi connectivity index (χ0n) is 35.6. The number of halogens is 3. The van der Waals surface area contributed by atoms with Crippen LogP contribution in [0.15, 0.2) is 108 Å². The van der Waals surface area contributed by atoms with Gasteiger partial charge >= 0.3 is 6.18 Å². The van der Waals surface area contributed by atoms with Crippen molar-refractivity contribution in [3.63, 3.8) is 0 Å². The van der Waals surface area contributed by atoms with Gasteiger partial charge in [0.1, 0.15) is 5.69 Å². The molecule has 313 valence electrons. The van der Waals surface area contributed by atoms with E-state index in [0.717, 1.165) is 61.8 Å². The second-order valence-corrected chi connectivity index (χ2v) is 22.1. The SMILES string of the molecule is Cc1c[c-]c(-c2ccc([Si](C)(C)C)cn2)cc1.Cc1ccc2c(ccc3nc(-c4[c-]ccc5c4oc4nc(C(F)(F)F)ccc45)n(-c4c(C(C)C)cccc4C(C)C)c32)n1.[Ir]. The Balaban J connectivity index is 0.000000262. The summed E-state index contributed by atoms with van der Waals surface area (Å²) in [6.45, 7) is 19.7. The number of imidazole rings is 1. The molecule has 4 aromatic carbocycles. The molecule has 0 spiro atoms. The van der Waals surface area contributed by atoms with Crippen molar-refractivity contribution in [1.82, 2.24) is 24.5 Å². The first-order chi connectivity index (χ1) is 28.5. The minimum Gasteiger partial charge on any atom is -0.486 e. The normalized spacial score (nSPS) is 12.1. The number of aryl methyl sites for hydroxylation is 2. The Morgan fingerprint density at radius 1 is 0.721 bits per heavy atom. The van der Waals surface area contributed by atoms with Crippen molar-refractivity contribution in [2.45, 2.75) is 79.2 Å². The quantitative estimate of drug-likeness (QED) is 0.123. The van der Waals surface area contributed by atoms with Crippen LogP contribution in [-0.4, -0.2) is 32.6 Å². The van der Waals surface area contributed by atoms with Crippen molar-refractivity contribution in [3.05, 3.63) is 143 Å². The summed E-state index contributed by atoms with van der Waals surface area (Å²) < 4.78 is 48.8. The number of fused-ring (bicyclic) bond motifs is 6. The van der Waals surface area contributed by atoms with Gasteiger partial charge in [0.2, 0.25) is 5.71 Å². The first-order valence-electron chi connectivity index (χ1n) is 20.2. The molecule has 1 radical (unpaired) electrons.